The molecule has 0 atom stereocenters. The molecule has 8 nitrogen and oxygen atoms in total. The number of rotatable bonds is 8. The van der Waals surface area contributed by atoms with Gasteiger partial charge in [-0.05, 0) is 37.7 Å². The van der Waals surface area contributed by atoms with Crippen LogP contribution in [0, 0.1) is 6.92 Å². The van der Waals surface area contributed by atoms with Crippen molar-refractivity contribution in [2.45, 2.75) is 18.7 Å². The molecule has 1 aliphatic rings. The molecule has 3 rings (SSSR count). The first-order valence-corrected chi connectivity index (χ1v) is 12.1. The molecule has 0 aromatic heterocycles. The van der Waals surface area contributed by atoms with E-state index in [1.807, 2.05) is 6.92 Å². The zero-order valence-electron chi connectivity index (χ0n) is 19.1. The van der Waals surface area contributed by atoms with Crippen molar-refractivity contribution in [3.63, 3.8) is 0 Å². The molecule has 1 saturated heterocycles. The van der Waals surface area contributed by atoms with Crippen molar-refractivity contribution in [1.29, 1.82) is 0 Å². The van der Waals surface area contributed by atoms with E-state index < -0.39 is 10.0 Å². The number of sulfonamides is 1. The van der Waals surface area contributed by atoms with Gasteiger partial charge >= 0.3 is 0 Å². The molecule has 1 heterocycles. The van der Waals surface area contributed by atoms with E-state index in [1.165, 1.54) is 14.2 Å². The number of carbonyl (C=O) groups excluding carboxylic acids is 1. The molecule has 0 saturated carbocycles. The summed E-state index contributed by atoms with van der Waals surface area (Å²) in [6, 6.07) is 11.4. The van der Waals surface area contributed by atoms with Crippen LogP contribution >= 0.6 is 0 Å². The van der Waals surface area contributed by atoms with Gasteiger partial charge in [0.1, 0.15) is 18.0 Å². The molecule has 2 aromatic carbocycles. The Bertz CT molecular complexity index is 1030. The minimum Gasteiger partial charge on any atom is -0.497 e. The molecule has 0 spiro atoms. The Balaban J connectivity index is 1.98. The summed E-state index contributed by atoms with van der Waals surface area (Å²) < 4.78 is 39.1. The number of aryl methyl sites for hydroxylation is 1. The Morgan fingerprint density at radius 2 is 1.66 bits per heavy atom. The number of amides is 1. The van der Waals surface area contributed by atoms with Crippen LogP contribution in [-0.2, 0) is 14.8 Å². The van der Waals surface area contributed by atoms with Crippen LogP contribution in [0.2, 0.25) is 0 Å². The molecule has 0 unspecified atom stereocenters. The average Bonchev–Trinajstić information content (AvgIpc) is 2.82. The number of hydrogen-bond donors (Lipinski definition) is 0. The van der Waals surface area contributed by atoms with Crippen LogP contribution in [0.3, 0.4) is 0 Å². The van der Waals surface area contributed by atoms with Crippen LogP contribution in [0.5, 0.6) is 11.5 Å². The first-order valence-electron chi connectivity index (χ1n) is 10.6. The summed E-state index contributed by atoms with van der Waals surface area (Å²) in [6.07, 6.45) is 0. The van der Waals surface area contributed by atoms with Crippen molar-refractivity contribution in [2.75, 3.05) is 57.8 Å². The number of benzene rings is 2. The fraction of sp³-hybridized carbons (Fsp3) is 0.435. The summed E-state index contributed by atoms with van der Waals surface area (Å²) in [6.45, 7) is 7.29. The number of anilines is 1. The van der Waals surface area contributed by atoms with Crippen molar-refractivity contribution in [2.24, 2.45) is 0 Å². The van der Waals surface area contributed by atoms with E-state index in [0.29, 0.717) is 24.6 Å². The summed E-state index contributed by atoms with van der Waals surface area (Å²) in [5.74, 6) is 0.596. The zero-order chi connectivity index (χ0) is 23.3. The van der Waals surface area contributed by atoms with E-state index in [0.717, 1.165) is 29.5 Å². The quantitative estimate of drug-likeness (QED) is 0.601. The first-order chi connectivity index (χ1) is 15.3. The molecule has 1 fully saturated rings. The number of methoxy groups -OCH3 is 2. The van der Waals surface area contributed by atoms with Crippen LogP contribution in [0.25, 0.3) is 0 Å². The van der Waals surface area contributed by atoms with Gasteiger partial charge in [-0.1, -0.05) is 24.6 Å². The van der Waals surface area contributed by atoms with Crippen LogP contribution in [0.1, 0.15) is 12.5 Å². The smallest absolute Gasteiger partial charge is 0.264 e. The highest BCUT2D eigenvalue weighted by Gasteiger charge is 2.32. The van der Waals surface area contributed by atoms with Gasteiger partial charge in [-0.2, -0.15) is 0 Å². The number of carbonyl (C=O) groups is 1. The molecule has 9 heteroatoms. The second-order valence-corrected chi connectivity index (χ2v) is 9.54. The molecule has 174 valence electrons. The summed E-state index contributed by atoms with van der Waals surface area (Å²) in [4.78, 5) is 17.3. The lowest BCUT2D eigenvalue weighted by atomic mass is 10.2. The SMILES string of the molecule is CCN1CCN(C(=O)CN(c2ccc(OC)cc2OC)S(=O)(=O)c2ccc(C)cc2)CC1. The predicted molar refractivity (Wildman–Crippen MR) is 124 cm³/mol. The third-order valence-electron chi connectivity index (χ3n) is 5.72. The van der Waals surface area contributed by atoms with Crippen molar-refractivity contribution in [3.8, 4) is 11.5 Å². The summed E-state index contributed by atoms with van der Waals surface area (Å²) in [7, 11) is -1.04. The maximum absolute atomic E-state index is 13.6. The van der Waals surface area contributed by atoms with Crippen LogP contribution in [0.4, 0.5) is 5.69 Å². The Kier molecular flexibility index (Phi) is 7.63. The molecule has 0 aliphatic carbocycles. The van der Waals surface area contributed by atoms with Crippen molar-refractivity contribution < 1.29 is 22.7 Å². The Morgan fingerprint density at radius 3 is 2.22 bits per heavy atom. The predicted octanol–water partition coefficient (Wildman–Crippen LogP) is 2.37. The molecule has 2 aromatic rings. The second-order valence-electron chi connectivity index (χ2n) is 7.68. The zero-order valence-corrected chi connectivity index (χ0v) is 19.9. The molecule has 0 radical (unpaired) electrons. The minimum absolute atomic E-state index is 0.115. The largest absolute Gasteiger partial charge is 0.497 e. The normalized spacial score (nSPS) is 14.8. The molecule has 1 amide bonds. The van der Waals surface area contributed by atoms with Crippen LogP contribution in [-0.4, -0.2) is 77.6 Å². The van der Waals surface area contributed by atoms with Crippen molar-refractivity contribution >= 4 is 21.6 Å². The van der Waals surface area contributed by atoms with Crippen molar-refractivity contribution in [1.82, 2.24) is 9.80 Å². The third kappa shape index (κ3) is 5.16. The van der Waals surface area contributed by atoms with Gasteiger partial charge in [-0.25, -0.2) is 8.42 Å². The lowest BCUT2D eigenvalue weighted by molar-refractivity contribution is -0.131. The molecule has 0 bridgehead atoms. The molecule has 1 aliphatic heterocycles. The number of ether oxygens (including phenoxy) is 2. The first kappa shape index (κ1) is 23.9. The lowest BCUT2D eigenvalue weighted by Crippen LogP contribution is -2.51. The number of piperazine rings is 1. The standard InChI is InChI=1S/C23H31N3O5S/c1-5-24-12-14-25(15-13-24)23(27)17-26(21-11-8-19(30-3)16-22(21)31-4)32(28,29)20-9-6-18(2)7-10-20/h6-11,16H,5,12-15,17H2,1-4H3. The Labute approximate surface area is 190 Å². The average molecular weight is 462 g/mol. The highest BCUT2D eigenvalue weighted by atomic mass is 32.2. The molecular weight excluding hydrogens is 430 g/mol. The van der Waals surface area contributed by atoms with E-state index in [4.69, 9.17) is 9.47 Å². The topological polar surface area (TPSA) is 79.4 Å². The number of likely N-dealkylation sites (N-methyl/N-ethyl adjacent to an activating group) is 1. The van der Waals surface area contributed by atoms with E-state index in [-0.39, 0.29) is 23.0 Å². The highest BCUT2D eigenvalue weighted by Crippen LogP contribution is 2.35. The van der Waals surface area contributed by atoms with Gasteiger partial charge < -0.3 is 19.3 Å². The van der Waals surface area contributed by atoms with Crippen LogP contribution in [0.15, 0.2) is 47.4 Å². The summed E-state index contributed by atoms with van der Waals surface area (Å²) >= 11 is 0. The van der Waals surface area contributed by atoms with Gasteiger partial charge in [0.05, 0.1) is 24.8 Å². The summed E-state index contributed by atoms with van der Waals surface area (Å²) in [5.41, 5.74) is 1.23. The maximum Gasteiger partial charge on any atom is 0.264 e. The Hall–Kier alpha value is -2.78. The van der Waals surface area contributed by atoms with Gasteiger partial charge in [-0.3, -0.25) is 9.10 Å². The lowest BCUT2D eigenvalue weighted by Gasteiger charge is -2.35. The molecule has 0 N–H and O–H groups in total. The van der Waals surface area contributed by atoms with Crippen molar-refractivity contribution in [3.05, 3.63) is 48.0 Å². The summed E-state index contributed by atoms with van der Waals surface area (Å²) in [5, 5.41) is 0. The fourth-order valence-electron chi connectivity index (χ4n) is 3.66. The molecular formula is C23H31N3O5S. The third-order valence-corrected chi connectivity index (χ3v) is 7.49. The second kappa shape index (κ2) is 10.2. The van der Waals surface area contributed by atoms with E-state index >= 15 is 0 Å². The van der Waals surface area contributed by atoms with E-state index in [1.54, 1.807) is 47.4 Å². The highest BCUT2D eigenvalue weighted by molar-refractivity contribution is 7.92. The number of nitrogens with zero attached hydrogens (tertiary/aromatic N) is 3. The van der Waals surface area contributed by atoms with Gasteiger partial charge in [0.2, 0.25) is 5.91 Å². The van der Waals surface area contributed by atoms with Gasteiger partial charge in [-0.15, -0.1) is 0 Å². The van der Waals surface area contributed by atoms with Gasteiger partial charge in [0, 0.05) is 32.2 Å². The van der Waals surface area contributed by atoms with Gasteiger partial charge in [0.25, 0.3) is 10.0 Å². The van der Waals surface area contributed by atoms with E-state index in [9.17, 15) is 13.2 Å². The van der Waals surface area contributed by atoms with Gasteiger partial charge in [0.15, 0.2) is 0 Å². The van der Waals surface area contributed by atoms with E-state index in [2.05, 4.69) is 11.8 Å². The molecule has 32 heavy (non-hydrogen) atoms. The number of hydrogen-bond acceptors (Lipinski definition) is 6. The fourth-order valence-corrected chi connectivity index (χ4v) is 5.09. The van der Waals surface area contributed by atoms with Crippen LogP contribution < -0.4 is 13.8 Å². The minimum atomic E-state index is -4.02. The Morgan fingerprint density at radius 1 is 1.00 bits per heavy atom. The maximum atomic E-state index is 13.6. The monoisotopic (exact) mass is 461 g/mol.